The molecule has 6 rings (SSSR count). The number of alkyl carbamates (subject to hydrolysis) is 1. The van der Waals surface area contributed by atoms with Crippen LogP contribution in [0.4, 0.5) is 4.79 Å². The van der Waals surface area contributed by atoms with E-state index in [0.29, 0.717) is 12.0 Å². The van der Waals surface area contributed by atoms with Crippen LogP contribution in [-0.4, -0.2) is 105 Å². The molecule has 81 heavy (non-hydrogen) atoms. The molecule has 3 fully saturated rings. The van der Waals surface area contributed by atoms with Crippen LogP contribution in [0.1, 0.15) is 148 Å². The third-order valence-corrected chi connectivity index (χ3v) is 15.9. The number of Topliss-reactive ketones (excluding diaryl/α,β-unsaturated/α-hetero) is 1. The number of carbonyl (C=O) groups is 6. The first-order valence-corrected chi connectivity index (χ1v) is 28.2. The van der Waals surface area contributed by atoms with Gasteiger partial charge in [0.1, 0.15) is 29.5 Å². The zero-order chi connectivity index (χ0) is 59.2. The Kier molecular flexibility index (Phi) is 21.8. The lowest BCUT2D eigenvalue weighted by Gasteiger charge is -2.67. The molecular weight excluding hydrogens is 1030 g/mol. The number of ether oxygens (including phenoxy) is 6. The van der Waals surface area contributed by atoms with Crippen molar-refractivity contribution in [2.45, 2.75) is 180 Å². The lowest BCUT2D eigenvalue weighted by Crippen LogP contribution is -2.81. The van der Waals surface area contributed by atoms with Crippen LogP contribution in [0.3, 0.4) is 0 Å². The maximum Gasteiger partial charge on any atom is 0.408 e. The van der Waals surface area contributed by atoms with E-state index >= 15 is 4.79 Å². The van der Waals surface area contributed by atoms with Gasteiger partial charge in [0, 0.05) is 37.5 Å². The van der Waals surface area contributed by atoms with Crippen molar-refractivity contribution < 1.29 is 72.5 Å². The summed E-state index contributed by atoms with van der Waals surface area (Å²) in [4.78, 5) is 85.9. The van der Waals surface area contributed by atoms with Crippen LogP contribution >= 0.6 is 0 Å². The molecule has 16 heteroatoms. The fourth-order valence-electron chi connectivity index (χ4n) is 11.7. The second kappa shape index (κ2) is 27.8. The summed E-state index contributed by atoms with van der Waals surface area (Å²) >= 11 is 0. The molecule has 0 radical (unpaired) electrons. The molecule has 1 amide bonds. The summed E-state index contributed by atoms with van der Waals surface area (Å²) in [5.74, 6) is -7.97. The van der Waals surface area contributed by atoms with Gasteiger partial charge >= 0.3 is 30.0 Å². The van der Waals surface area contributed by atoms with Crippen LogP contribution in [0.25, 0.3) is 0 Å². The highest BCUT2D eigenvalue weighted by Crippen LogP contribution is 2.65. The summed E-state index contributed by atoms with van der Waals surface area (Å²) in [7, 11) is 0. The van der Waals surface area contributed by atoms with Gasteiger partial charge in [0.25, 0.3) is 0 Å². The summed E-state index contributed by atoms with van der Waals surface area (Å²) in [6, 6.07) is 14.6. The number of nitrogens with one attached hydrogen (secondary N) is 1. The van der Waals surface area contributed by atoms with Crippen molar-refractivity contribution in [2.75, 3.05) is 6.61 Å². The Labute approximate surface area is 477 Å². The molecule has 2 aromatic rings. The Morgan fingerprint density at radius 3 is 1.86 bits per heavy atom. The van der Waals surface area contributed by atoms with Gasteiger partial charge in [-0.2, -0.15) is 0 Å². The largest absolute Gasteiger partial charge is 0.460 e. The van der Waals surface area contributed by atoms with E-state index < -0.39 is 124 Å². The first-order chi connectivity index (χ1) is 38.4. The number of aliphatic hydroxyl groups is 3. The number of allylic oxidation sites excluding steroid dienone is 13. The van der Waals surface area contributed by atoms with Crippen LogP contribution in [-0.2, 0) is 47.6 Å². The minimum absolute atomic E-state index is 0.0107. The number of benzene rings is 2. The summed E-state index contributed by atoms with van der Waals surface area (Å²) in [5, 5.41) is 40.9. The van der Waals surface area contributed by atoms with E-state index in [0.717, 1.165) is 39.0 Å². The third kappa shape index (κ3) is 14.9. The lowest BCUT2D eigenvalue weighted by molar-refractivity contribution is -0.345. The number of aliphatic hydroxyl groups excluding tert-OH is 2. The zero-order valence-electron chi connectivity index (χ0n) is 48.3. The Morgan fingerprint density at radius 1 is 0.802 bits per heavy atom. The highest BCUT2D eigenvalue weighted by Gasteiger charge is 2.78. The smallest absolute Gasteiger partial charge is 0.408 e. The van der Waals surface area contributed by atoms with E-state index in [-0.39, 0.29) is 37.0 Å². The van der Waals surface area contributed by atoms with E-state index in [2.05, 4.69) is 60.8 Å². The average molecular weight is 1120 g/mol. The molecule has 16 nitrogen and oxygen atoms in total. The number of amides is 1. The predicted molar refractivity (Wildman–Crippen MR) is 305 cm³/mol. The number of rotatable bonds is 23. The normalized spacial score (nSPS) is 28.0. The Morgan fingerprint density at radius 2 is 1.35 bits per heavy atom. The van der Waals surface area contributed by atoms with E-state index in [1.807, 2.05) is 24.3 Å². The quantitative estimate of drug-likeness (QED) is 0.0461. The summed E-state index contributed by atoms with van der Waals surface area (Å²) in [5.41, 5.74) is -8.69. The molecule has 1 aliphatic heterocycles. The van der Waals surface area contributed by atoms with Crippen molar-refractivity contribution in [3.05, 3.63) is 156 Å². The van der Waals surface area contributed by atoms with Crippen LogP contribution in [0.15, 0.2) is 145 Å². The number of carbonyl (C=O) groups excluding carboxylic acids is 6. The van der Waals surface area contributed by atoms with E-state index in [1.165, 1.54) is 19.1 Å². The van der Waals surface area contributed by atoms with Gasteiger partial charge in [-0.1, -0.05) is 149 Å². The van der Waals surface area contributed by atoms with Gasteiger partial charge in [-0.05, 0) is 95.9 Å². The number of hydrogen-bond donors (Lipinski definition) is 4. The molecule has 2 aromatic carbocycles. The Bertz CT molecular complexity index is 2750. The summed E-state index contributed by atoms with van der Waals surface area (Å²) < 4.78 is 36.6. The van der Waals surface area contributed by atoms with E-state index in [1.54, 1.807) is 90.1 Å². The molecule has 3 unspecified atom stereocenters. The molecule has 1 heterocycles. The van der Waals surface area contributed by atoms with E-state index in [4.69, 9.17) is 28.4 Å². The SMILES string of the molecule is CCC=CCC=CCC=CCC=CCC=CCC=CCCC(=O)OC1=C2C(C)C(OC(=O)C(O)[C@@H](NC(=O)OC(C)(C)C)c3ccccc3)C[C@@](O)([C@@H](OC(=O)c3ccccc3)[C@@H]3[C@]4(OC(C)=O)CO[C@@H]4C[C@H](O)[C@@]3(C)C1=O)C2(C)C. The van der Waals surface area contributed by atoms with E-state index in [9.17, 15) is 39.3 Å². The lowest BCUT2D eigenvalue weighted by atomic mass is 9.45. The third-order valence-electron chi connectivity index (χ3n) is 15.9. The van der Waals surface area contributed by atoms with Crippen LogP contribution in [0.2, 0.25) is 0 Å². The van der Waals surface area contributed by atoms with Crippen LogP contribution < -0.4 is 5.32 Å². The molecule has 0 spiro atoms. The number of esters is 4. The van der Waals surface area contributed by atoms with Gasteiger partial charge in [-0.15, -0.1) is 0 Å². The standard InChI is InChI=1S/C65H83NO15/c1-10-11-12-13-14-15-16-17-18-19-20-21-22-23-24-25-26-27-34-39-50(69)78-54-51-43(2)47(77-59(73)53(70)52(45-35-30-28-31-36-45)66-60(74)81-61(4,5)6)41-65(75,62(51,7)8)57(79-58(72)46-37-32-29-33-38-46)55-63(9,56(54)71)48(68)40-49-64(55,42-76-49)80-44(3)67/h11-12,14-15,17-18,20-21,23-24,26-33,35-38,43,47-49,52-53,55,57,68,70,75H,10,13,16,19,22,25,34,39-42H2,1-9H3,(H,66,74)/t43?,47?,48-,49+,52-,53?,55-,57-,63+,64-,65+/m0/s1. The van der Waals surface area contributed by atoms with Crippen LogP contribution in [0.5, 0.6) is 0 Å². The molecule has 438 valence electrons. The highest BCUT2D eigenvalue weighted by molar-refractivity contribution is 6.02. The van der Waals surface area contributed by atoms with Crippen molar-refractivity contribution in [3.63, 3.8) is 0 Å². The van der Waals surface area contributed by atoms with Crippen molar-refractivity contribution in [3.8, 4) is 0 Å². The van der Waals surface area contributed by atoms with Gasteiger partial charge in [0.2, 0.25) is 5.78 Å². The zero-order valence-corrected chi connectivity index (χ0v) is 48.3. The maximum atomic E-state index is 16.0. The highest BCUT2D eigenvalue weighted by atomic mass is 16.6. The van der Waals surface area contributed by atoms with Gasteiger partial charge in [0.05, 0.1) is 35.6 Å². The first kappa shape index (κ1) is 63.5. The Balaban J connectivity index is 1.34. The van der Waals surface area contributed by atoms with Crippen molar-refractivity contribution >= 4 is 35.8 Å². The van der Waals surface area contributed by atoms with Crippen molar-refractivity contribution in [1.29, 1.82) is 0 Å². The fraction of sp³-hybridized carbons (Fsp3) is 0.508. The molecule has 3 aliphatic carbocycles. The topological polar surface area (TPSA) is 231 Å². The van der Waals surface area contributed by atoms with Gasteiger partial charge in [-0.25, -0.2) is 14.4 Å². The molecule has 1 saturated heterocycles. The molecule has 4 aliphatic rings. The molecule has 2 saturated carbocycles. The van der Waals surface area contributed by atoms with Gasteiger partial charge < -0.3 is 49.1 Å². The predicted octanol–water partition coefficient (Wildman–Crippen LogP) is 10.5. The minimum atomic E-state index is -2.44. The average Bonchev–Trinajstić information content (AvgIpc) is 1.73. The van der Waals surface area contributed by atoms with Gasteiger partial charge in [0.15, 0.2) is 17.5 Å². The van der Waals surface area contributed by atoms with Crippen molar-refractivity contribution in [1.82, 2.24) is 5.32 Å². The molecule has 0 aromatic heterocycles. The number of hydrogen-bond acceptors (Lipinski definition) is 15. The first-order valence-electron chi connectivity index (χ1n) is 28.2. The number of fused-ring (bicyclic) bond motifs is 5. The Hall–Kier alpha value is -6.72. The molecule has 4 N–H and O–H groups in total. The fourth-order valence-corrected chi connectivity index (χ4v) is 11.7. The monoisotopic (exact) mass is 1120 g/mol. The summed E-state index contributed by atoms with van der Waals surface area (Å²) in [6.07, 6.45) is 20.2. The van der Waals surface area contributed by atoms with Crippen LogP contribution in [0, 0.1) is 22.7 Å². The number of ketones is 1. The van der Waals surface area contributed by atoms with Gasteiger partial charge in [-0.3, -0.25) is 14.4 Å². The second-order valence-corrected chi connectivity index (χ2v) is 23.0. The maximum absolute atomic E-state index is 16.0. The minimum Gasteiger partial charge on any atom is -0.460 e. The summed E-state index contributed by atoms with van der Waals surface area (Å²) in [6.45, 7) is 14.1. The molecular formula is C65H83NO15. The second-order valence-electron chi connectivity index (χ2n) is 23.0. The van der Waals surface area contributed by atoms with Crippen molar-refractivity contribution in [2.24, 2.45) is 22.7 Å². The molecule has 2 bridgehead atoms. The molecule has 11 atom stereocenters.